The van der Waals surface area contributed by atoms with E-state index in [4.69, 9.17) is 5.10 Å². The van der Waals surface area contributed by atoms with E-state index in [0.29, 0.717) is 11.7 Å². The lowest BCUT2D eigenvalue weighted by molar-refractivity contribution is 0.467. The lowest BCUT2D eigenvalue weighted by atomic mass is 10.1. The molecule has 158 valence electrons. The largest absolute Gasteiger partial charge is 0.265 e. The van der Waals surface area contributed by atoms with Gasteiger partial charge in [0.2, 0.25) is 10.0 Å². The first kappa shape index (κ1) is 19.9. The first-order chi connectivity index (χ1) is 15.1. The van der Waals surface area contributed by atoms with E-state index in [-0.39, 0.29) is 11.4 Å². The van der Waals surface area contributed by atoms with Gasteiger partial charge in [-0.1, -0.05) is 43.2 Å². The van der Waals surface area contributed by atoms with Crippen LogP contribution < -0.4 is 4.72 Å². The fourth-order valence-corrected chi connectivity index (χ4v) is 5.32. The molecule has 0 radical (unpaired) electrons. The Labute approximate surface area is 182 Å². The van der Waals surface area contributed by atoms with Gasteiger partial charge in [-0.25, -0.2) is 13.1 Å². The fraction of sp³-hybridized carbons (Fsp3) is 0.250. The second kappa shape index (κ2) is 8.24. The first-order valence-electron chi connectivity index (χ1n) is 10.6. The highest BCUT2D eigenvalue weighted by atomic mass is 32.2. The number of aromatic nitrogens is 3. The van der Waals surface area contributed by atoms with Crippen LogP contribution in [0, 0.1) is 0 Å². The van der Waals surface area contributed by atoms with Crippen molar-refractivity contribution in [2.75, 3.05) is 0 Å². The Morgan fingerprint density at radius 2 is 1.68 bits per heavy atom. The molecule has 2 aromatic heterocycles. The molecule has 0 aliphatic heterocycles. The third-order valence-electron chi connectivity index (χ3n) is 5.91. The van der Waals surface area contributed by atoms with E-state index >= 15 is 0 Å². The molecular weight excluding hydrogens is 408 g/mol. The Morgan fingerprint density at radius 1 is 0.935 bits per heavy atom. The zero-order valence-electron chi connectivity index (χ0n) is 17.1. The number of rotatable bonds is 6. The van der Waals surface area contributed by atoms with E-state index < -0.39 is 10.0 Å². The summed E-state index contributed by atoms with van der Waals surface area (Å²) in [6, 6.07) is 19.2. The van der Waals surface area contributed by atoms with E-state index in [1.807, 2.05) is 48.5 Å². The minimum absolute atomic E-state index is 0.146. The predicted molar refractivity (Wildman–Crippen MR) is 121 cm³/mol. The number of nitrogens with zero attached hydrogens (tertiary/aromatic N) is 3. The molecule has 2 heterocycles. The maximum absolute atomic E-state index is 12.9. The van der Waals surface area contributed by atoms with Crippen LogP contribution in [0.4, 0.5) is 0 Å². The van der Waals surface area contributed by atoms with Crippen LogP contribution in [-0.4, -0.2) is 23.2 Å². The summed E-state index contributed by atoms with van der Waals surface area (Å²) in [4.78, 5) is 4.37. The van der Waals surface area contributed by atoms with Crippen LogP contribution in [0.2, 0.25) is 0 Å². The molecule has 2 aromatic carbocycles. The second-order valence-corrected chi connectivity index (χ2v) is 9.74. The zero-order chi connectivity index (χ0) is 21.3. The number of hydrogen-bond donors (Lipinski definition) is 1. The summed E-state index contributed by atoms with van der Waals surface area (Å²) in [6.45, 7) is 0.146. The number of benzene rings is 2. The van der Waals surface area contributed by atoms with E-state index in [1.54, 1.807) is 24.5 Å². The van der Waals surface area contributed by atoms with Gasteiger partial charge in [0.25, 0.3) is 0 Å². The lowest BCUT2D eigenvalue weighted by Crippen LogP contribution is -2.23. The van der Waals surface area contributed by atoms with E-state index in [9.17, 15) is 8.42 Å². The van der Waals surface area contributed by atoms with Gasteiger partial charge in [0, 0.05) is 18.0 Å². The minimum atomic E-state index is -3.65. The number of sulfonamides is 1. The molecule has 0 amide bonds. The Hall–Kier alpha value is -3.03. The monoisotopic (exact) mass is 432 g/mol. The molecule has 1 aliphatic carbocycles. The van der Waals surface area contributed by atoms with Crippen LogP contribution in [0.5, 0.6) is 0 Å². The SMILES string of the molecule is O=S(=O)(NCc1cc(-c2ccncc2)n(C2CCCC2)n1)c1ccc2ccccc2c1. The van der Waals surface area contributed by atoms with E-state index in [1.165, 1.54) is 12.8 Å². The van der Waals surface area contributed by atoms with Gasteiger partial charge in [0.1, 0.15) is 0 Å². The van der Waals surface area contributed by atoms with Crippen LogP contribution in [0.15, 0.2) is 78.0 Å². The molecule has 0 spiro atoms. The first-order valence-corrected chi connectivity index (χ1v) is 12.1. The third-order valence-corrected chi connectivity index (χ3v) is 7.31. The second-order valence-electron chi connectivity index (χ2n) is 7.97. The van der Waals surface area contributed by atoms with Gasteiger partial charge in [-0.15, -0.1) is 0 Å². The summed E-state index contributed by atoms with van der Waals surface area (Å²) < 4.78 is 30.6. The number of hydrogen-bond acceptors (Lipinski definition) is 4. The molecule has 0 saturated heterocycles. The quantitative estimate of drug-likeness (QED) is 0.479. The average Bonchev–Trinajstić information content (AvgIpc) is 3.48. The topological polar surface area (TPSA) is 76.9 Å². The number of nitrogens with one attached hydrogen (secondary N) is 1. The maximum Gasteiger partial charge on any atom is 0.240 e. The molecule has 7 heteroatoms. The highest BCUT2D eigenvalue weighted by Crippen LogP contribution is 2.33. The highest BCUT2D eigenvalue weighted by molar-refractivity contribution is 7.89. The van der Waals surface area contributed by atoms with Gasteiger partial charge in [-0.2, -0.15) is 5.10 Å². The normalized spacial score (nSPS) is 15.0. The smallest absolute Gasteiger partial charge is 0.240 e. The Kier molecular flexibility index (Phi) is 5.29. The summed E-state index contributed by atoms with van der Waals surface area (Å²) in [6.07, 6.45) is 8.13. The van der Waals surface area contributed by atoms with Gasteiger partial charge in [0.05, 0.1) is 28.9 Å². The lowest BCUT2D eigenvalue weighted by Gasteiger charge is -2.14. The van der Waals surface area contributed by atoms with Gasteiger partial charge < -0.3 is 0 Å². The molecule has 1 aliphatic rings. The molecule has 6 nitrogen and oxygen atoms in total. The highest BCUT2D eigenvalue weighted by Gasteiger charge is 2.23. The Bertz CT molecular complexity index is 1310. The maximum atomic E-state index is 12.9. The Balaban J connectivity index is 1.41. The Morgan fingerprint density at radius 3 is 2.45 bits per heavy atom. The third kappa shape index (κ3) is 4.11. The summed E-state index contributed by atoms with van der Waals surface area (Å²) in [5, 5.41) is 6.70. The van der Waals surface area contributed by atoms with Crippen molar-refractivity contribution >= 4 is 20.8 Å². The number of fused-ring (bicyclic) bond motifs is 1. The van der Waals surface area contributed by atoms with E-state index in [0.717, 1.165) is 34.9 Å². The van der Waals surface area contributed by atoms with Crippen molar-refractivity contribution in [1.82, 2.24) is 19.5 Å². The molecule has 1 N–H and O–H groups in total. The minimum Gasteiger partial charge on any atom is -0.265 e. The van der Waals surface area contributed by atoms with Crippen molar-refractivity contribution in [3.8, 4) is 11.3 Å². The summed E-state index contributed by atoms with van der Waals surface area (Å²) in [7, 11) is -3.65. The van der Waals surface area contributed by atoms with Crippen LogP contribution in [0.25, 0.3) is 22.0 Å². The van der Waals surface area contributed by atoms with Crippen molar-refractivity contribution in [2.45, 2.75) is 43.2 Å². The standard InChI is InChI=1S/C24H24N4O2S/c29-31(30,23-10-9-18-5-1-2-6-20(18)15-23)26-17-21-16-24(19-11-13-25-14-12-19)28(27-21)22-7-3-4-8-22/h1-2,5-6,9-16,22,26H,3-4,7-8,17H2. The summed E-state index contributed by atoms with van der Waals surface area (Å²) in [5.74, 6) is 0. The van der Waals surface area contributed by atoms with Gasteiger partial charge in [0.15, 0.2) is 0 Å². The van der Waals surface area contributed by atoms with Crippen molar-refractivity contribution in [3.05, 3.63) is 78.8 Å². The van der Waals surface area contributed by atoms with E-state index in [2.05, 4.69) is 14.4 Å². The van der Waals surface area contributed by atoms with Crippen molar-refractivity contribution in [2.24, 2.45) is 0 Å². The van der Waals surface area contributed by atoms with Gasteiger partial charge in [-0.05, 0) is 53.9 Å². The fourth-order valence-electron chi connectivity index (χ4n) is 4.28. The molecule has 0 bridgehead atoms. The van der Waals surface area contributed by atoms with Gasteiger partial charge >= 0.3 is 0 Å². The summed E-state index contributed by atoms with van der Waals surface area (Å²) >= 11 is 0. The van der Waals surface area contributed by atoms with Crippen molar-refractivity contribution < 1.29 is 8.42 Å². The molecule has 1 fully saturated rings. The molecule has 1 saturated carbocycles. The number of pyridine rings is 1. The molecule has 4 aromatic rings. The molecule has 0 atom stereocenters. The van der Waals surface area contributed by atoms with Crippen LogP contribution in [0.3, 0.4) is 0 Å². The molecule has 31 heavy (non-hydrogen) atoms. The van der Waals surface area contributed by atoms with Gasteiger partial charge in [-0.3, -0.25) is 9.67 Å². The molecule has 0 unspecified atom stereocenters. The van der Waals surface area contributed by atoms with Crippen LogP contribution in [0.1, 0.15) is 37.4 Å². The van der Waals surface area contributed by atoms with Crippen molar-refractivity contribution in [1.29, 1.82) is 0 Å². The predicted octanol–water partition coefficient (Wildman–Crippen LogP) is 4.69. The summed E-state index contributed by atoms with van der Waals surface area (Å²) in [5.41, 5.74) is 2.76. The molecule has 5 rings (SSSR count). The van der Waals surface area contributed by atoms with Crippen LogP contribution in [-0.2, 0) is 16.6 Å². The van der Waals surface area contributed by atoms with Crippen molar-refractivity contribution in [3.63, 3.8) is 0 Å². The zero-order valence-corrected chi connectivity index (χ0v) is 17.9. The van der Waals surface area contributed by atoms with Crippen LogP contribution >= 0.6 is 0 Å². The molecular formula is C24H24N4O2S. The average molecular weight is 433 g/mol.